The summed E-state index contributed by atoms with van der Waals surface area (Å²) in [6.07, 6.45) is 1.53. The third-order valence-electron chi connectivity index (χ3n) is 3.59. The molecule has 4 nitrogen and oxygen atoms in total. The van der Waals surface area contributed by atoms with Gasteiger partial charge in [-0.3, -0.25) is 14.5 Å². The van der Waals surface area contributed by atoms with Gasteiger partial charge in [0.25, 0.3) is 11.1 Å². The number of amides is 2. The van der Waals surface area contributed by atoms with Gasteiger partial charge in [0.1, 0.15) is 5.82 Å². The van der Waals surface area contributed by atoms with Crippen LogP contribution in [0.15, 0.2) is 53.4 Å². The van der Waals surface area contributed by atoms with E-state index in [1.807, 2.05) is 31.2 Å². The molecule has 2 aromatic carbocycles. The maximum absolute atomic E-state index is 13.2. The standard InChI is InChI=1S/C18H15FN2O2S/c1-12-5-2-3-8-15(12)20-11-21-17(22)16(24-18(21)23)10-13-6-4-7-14(19)9-13/h2-10,20H,11H2,1H3/b16-10+. The lowest BCUT2D eigenvalue weighted by molar-refractivity contribution is -0.122. The predicted molar refractivity (Wildman–Crippen MR) is 93.9 cm³/mol. The number of hydrogen-bond acceptors (Lipinski definition) is 4. The lowest BCUT2D eigenvalue weighted by Gasteiger charge is -2.15. The Hall–Kier alpha value is -2.60. The number of anilines is 1. The molecule has 0 aromatic heterocycles. The van der Waals surface area contributed by atoms with Crippen molar-refractivity contribution in [3.63, 3.8) is 0 Å². The number of hydrogen-bond donors (Lipinski definition) is 1. The largest absolute Gasteiger partial charge is 0.367 e. The van der Waals surface area contributed by atoms with Gasteiger partial charge >= 0.3 is 0 Å². The van der Waals surface area contributed by atoms with Crippen LogP contribution in [0, 0.1) is 12.7 Å². The summed E-state index contributed by atoms with van der Waals surface area (Å²) in [6.45, 7) is 2.04. The second-order valence-corrected chi connectivity index (χ2v) is 6.31. The smallest absolute Gasteiger partial charge is 0.295 e. The number of carbonyl (C=O) groups excluding carboxylic acids is 2. The highest BCUT2D eigenvalue weighted by atomic mass is 32.2. The molecule has 0 spiro atoms. The Bertz CT molecular complexity index is 835. The minimum Gasteiger partial charge on any atom is -0.367 e. The van der Waals surface area contributed by atoms with Gasteiger partial charge in [0.15, 0.2) is 0 Å². The van der Waals surface area contributed by atoms with Crippen molar-refractivity contribution in [1.29, 1.82) is 0 Å². The zero-order valence-electron chi connectivity index (χ0n) is 13.0. The summed E-state index contributed by atoms with van der Waals surface area (Å²) >= 11 is 0.858. The molecule has 6 heteroatoms. The van der Waals surface area contributed by atoms with E-state index in [9.17, 15) is 14.0 Å². The molecule has 0 unspecified atom stereocenters. The van der Waals surface area contributed by atoms with Gasteiger partial charge in [-0.15, -0.1) is 0 Å². The minimum absolute atomic E-state index is 0.0933. The zero-order chi connectivity index (χ0) is 17.1. The summed E-state index contributed by atoms with van der Waals surface area (Å²) in [4.78, 5) is 25.9. The highest BCUT2D eigenvalue weighted by molar-refractivity contribution is 8.18. The molecule has 0 radical (unpaired) electrons. The fraction of sp³-hybridized carbons (Fsp3) is 0.111. The molecular formula is C18H15FN2O2S. The number of carbonyl (C=O) groups is 2. The lowest BCUT2D eigenvalue weighted by atomic mass is 10.2. The van der Waals surface area contributed by atoms with Crippen LogP contribution in [-0.4, -0.2) is 22.7 Å². The Morgan fingerprint density at radius 2 is 1.96 bits per heavy atom. The van der Waals surface area contributed by atoms with Gasteiger partial charge in [0, 0.05) is 5.69 Å². The van der Waals surface area contributed by atoms with Crippen LogP contribution in [0.25, 0.3) is 6.08 Å². The van der Waals surface area contributed by atoms with Gasteiger partial charge in [-0.05, 0) is 54.1 Å². The number of benzene rings is 2. The molecule has 1 fully saturated rings. The van der Waals surface area contributed by atoms with E-state index >= 15 is 0 Å². The van der Waals surface area contributed by atoms with Crippen LogP contribution < -0.4 is 5.32 Å². The molecule has 1 aliphatic heterocycles. The summed E-state index contributed by atoms with van der Waals surface area (Å²) in [5.41, 5.74) is 2.44. The molecule has 1 heterocycles. The summed E-state index contributed by atoms with van der Waals surface area (Å²) in [7, 11) is 0. The predicted octanol–water partition coefficient (Wildman–Crippen LogP) is 4.24. The van der Waals surface area contributed by atoms with Gasteiger partial charge < -0.3 is 5.32 Å². The molecule has 3 rings (SSSR count). The summed E-state index contributed by atoms with van der Waals surface area (Å²) < 4.78 is 13.2. The summed E-state index contributed by atoms with van der Waals surface area (Å²) in [6, 6.07) is 13.5. The van der Waals surface area contributed by atoms with Crippen molar-refractivity contribution in [3.8, 4) is 0 Å². The van der Waals surface area contributed by atoms with E-state index in [0.717, 1.165) is 27.9 Å². The molecule has 24 heavy (non-hydrogen) atoms. The third kappa shape index (κ3) is 3.49. The van der Waals surface area contributed by atoms with E-state index in [2.05, 4.69) is 5.32 Å². The Morgan fingerprint density at radius 1 is 1.17 bits per heavy atom. The van der Waals surface area contributed by atoms with Crippen LogP contribution in [0.4, 0.5) is 14.9 Å². The van der Waals surface area contributed by atoms with Gasteiger partial charge in [-0.25, -0.2) is 4.39 Å². The highest BCUT2D eigenvalue weighted by Gasteiger charge is 2.34. The first-order valence-corrected chi connectivity index (χ1v) is 8.17. The summed E-state index contributed by atoms with van der Waals surface area (Å²) in [5, 5.41) is 2.75. The summed E-state index contributed by atoms with van der Waals surface area (Å²) in [5.74, 6) is -0.764. The average molecular weight is 342 g/mol. The minimum atomic E-state index is -0.385. The third-order valence-corrected chi connectivity index (χ3v) is 4.50. The molecule has 1 saturated heterocycles. The van der Waals surface area contributed by atoms with Crippen molar-refractivity contribution in [3.05, 3.63) is 70.4 Å². The Balaban J connectivity index is 1.73. The topological polar surface area (TPSA) is 49.4 Å². The van der Waals surface area contributed by atoms with Crippen molar-refractivity contribution < 1.29 is 14.0 Å². The Labute approximate surface area is 143 Å². The van der Waals surface area contributed by atoms with E-state index in [4.69, 9.17) is 0 Å². The molecule has 2 aromatic rings. The highest BCUT2D eigenvalue weighted by Crippen LogP contribution is 2.32. The number of nitrogens with zero attached hydrogens (tertiary/aromatic N) is 1. The fourth-order valence-corrected chi connectivity index (χ4v) is 3.16. The maximum atomic E-state index is 13.2. The second kappa shape index (κ2) is 6.88. The molecule has 0 bridgehead atoms. The van der Waals surface area contributed by atoms with Crippen LogP contribution in [-0.2, 0) is 4.79 Å². The molecular weight excluding hydrogens is 327 g/mol. The molecule has 0 saturated carbocycles. The van der Waals surface area contributed by atoms with E-state index < -0.39 is 0 Å². The number of aryl methyl sites for hydroxylation is 1. The normalized spacial score (nSPS) is 16.1. The molecule has 122 valence electrons. The molecule has 1 N–H and O–H groups in total. The number of thioether (sulfide) groups is 1. The van der Waals surface area contributed by atoms with Gasteiger partial charge in [-0.2, -0.15) is 0 Å². The first-order chi connectivity index (χ1) is 11.5. The Kier molecular flexibility index (Phi) is 4.66. The Morgan fingerprint density at radius 3 is 2.71 bits per heavy atom. The molecule has 0 atom stereocenters. The first-order valence-electron chi connectivity index (χ1n) is 7.35. The fourth-order valence-electron chi connectivity index (χ4n) is 2.32. The zero-order valence-corrected chi connectivity index (χ0v) is 13.8. The number of para-hydroxylation sites is 1. The van der Waals surface area contributed by atoms with Crippen LogP contribution in [0.2, 0.25) is 0 Å². The van der Waals surface area contributed by atoms with E-state index in [0.29, 0.717) is 5.56 Å². The number of halogens is 1. The van der Waals surface area contributed by atoms with E-state index in [1.165, 1.54) is 18.2 Å². The van der Waals surface area contributed by atoms with Gasteiger partial charge in [-0.1, -0.05) is 30.3 Å². The van der Waals surface area contributed by atoms with Gasteiger partial charge in [0.05, 0.1) is 11.6 Å². The SMILES string of the molecule is Cc1ccccc1NCN1C(=O)S/C(=C/c2cccc(F)c2)C1=O. The first kappa shape index (κ1) is 16.3. The van der Waals surface area contributed by atoms with Crippen molar-refractivity contribution in [2.45, 2.75) is 6.92 Å². The quantitative estimate of drug-likeness (QED) is 0.845. The van der Waals surface area contributed by atoms with Crippen molar-refractivity contribution >= 4 is 34.7 Å². The van der Waals surface area contributed by atoms with E-state index in [-0.39, 0.29) is 28.5 Å². The molecule has 2 amide bonds. The second-order valence-electron chi connectivity index (χ2n) is 5.31. The van der Waals surface area contributed by atoms with Crippen LogP contribution in [0.3, 0.4) is 0 Å². The molecule has 0 aliphatic carbocycles. The number of nitrogens with one attached hydrogen (secondary N) is 1. The van der Waals surface area contributed by atoms with Crippen molar-refractivity contribution in [1.82, 2.24) is 4.90 Å². The van der Waals surface area contributed by atoms with Crippen LogP contribution in [0.5, 0.6) is 0 Å². The average Bonchev–Trinajstić information content (AvgIpc) is 2.81. The number of imide groups is 1. The maximum Gasteiger partial charge on any atom is 0.295 e. The monoisotopic (exact) mass is 342 g/mol. The van der Waals surface area contributed by atoms with Gasteiger partial charge in [0.2, 0.25) is 0 Å². The molecule has 1 aliphatic rings. The van der Waals surface area contributed by atoms with Crippen LogP contribution >= 0.6 is 11.8 Å². The van der Waals surface area contributed by atoms with Crippen molar-refractivity contribution in [2.24, 2.45) is 0 Å². The number of rotatable bonds is 4. The van der Waals surface area contributed by atoms with Crippen molar-refractivity contribution in [2.75, 3.05) is 12.0 Å². The van der Waals surface area contributed by atoms with Crippen LogP contribution in [0.1, 0.15) is 11.1 Å². The lowest BCUT2D eigenvalue weighted by Crippen LogP contribution is -2.33. The van der Waals surface area contributed by atoms with E-state index in [1.54, 1.807) is 12.1 Å².